The molecular formula is C16H16O2S2. The van der Waals surface area contributed by atoms with Crippen molar-refractivity contribution in [1.82, 2.24) is 0 Å². The van der Waals surface area contributed by atoms with Crippen molar-refractivity contribution in [3.8, 4) is 0 Å². The van der Waals surface area contributed by atoms with Crippen LogP contribution in [0.2, 0.25) is 0 Å². The van der Waals surface area contributed by atoms with E-state index in [4.69, 9.17) is 4.74 Å². The average Bonchev–Trinajstić information content (AvgIpc) is 3.18. The summed E-state index contributed by atoms with van der Waals surface area (Å²) in [5, 5.41) is 4.19. The minimum atomic E-state index is -0.187. The fraction of sp³-hybridized carbons (Fsp3) is 0.312. The van der Waals surface area contributed by atoms with Crippen molar-refractivity contribution in [3.05, 3.63) is 56.4 Å². The first kappa shape index (κ1) is 13.6. The number of ether oxygens (including phenoxy) is 1. The Labute approximate surface area is 126 Å². The zero-order chi connectivity index (χ0) is 13.9. The maximum Gasteiger partial charge on any atom is 0.334 e. The highest BCUT2D eigenvalue weighted by Crippen LogP contribution is 2.44. The van der Waals surface area contributed by atoms with Gasteiger partial charge in [0.1, 0.15) is 0 Å². The number of hydrogen-bond acceptors (Lipinski definition) is 4. The molecule has 2 nitrogen and oxygen atoms in total. The summed E-state index contributed by atoms with van der Waals surface area (Å²) in [5.41, 5.74) is 0.822. The van der Waals surface area contributed by atoms with E-state index in [2.05, 4.69) is 35.0 Å². The molecule has 1 aliphatic rings. The van der Waals surface area contributed by atoms with Gasteiger partial charge in [-0.15, -0.1) is 22.7 Å². The van der Waals surface area contributed by atoms with Gasteiger partial charge in [0.2, 0.25) is 0 Å². The van der Waals surface area contributed by atoms with Crippen molar-refractivity contribution >= 4 is 28.6 Å². The Morgan fingerprint density at radius 2 is 1.90 bits per heavy atom. The molecule has 2 aromatic heterocycles. The second kappa shape index (κ2) is 5.94. The van der Waals surface area contributed by atoms with Gasteiger partial charge in [-0.25, -0.2) is 4.79 Å². The summed E-state index contributed by atoms with van der Waals surface area (Å²) in [6.07, 6.45) is 3.99. The fourth-order valence-corrected chi connectivity index (χ4v) is 4.49. The van der Waals surface area contributed by atoms with Gasteiger partial charge in [0.05, 0.1) is 7.11 Å². The molecule has 0 fully saturated rings. The molecule has 0 N–H and O–H groups in total. The van der Waals surface area contributed by atoms with Gasteiger partial charge >= 0.3 is 5.97 Å². The SMILES string of the molecule is COC(=O)C1=CCC(c2cccs2)CC1c1cccs1. The van der Waals surface area contributed by atoms with Gasteiger partial charge in [0.15, 0.2) is 0 Å². The summed E-state index contributed by atoms with van der Waals surface area (Å²) in [7, 11) is 1.46. The van der Waals surface area contributed by atoms with Crippen LogP contribution in [0, 0.1) is 0 Å². The van der Waals surface area contributed by atoms with Crippen LogP contribution in [0.3, 0.4) is 0 Å². The third kappa shape index (κ3) is 2.58. The molecule has 0 spiro atoms. The molecule has 0 aliphatic heterocycles. The van der Waals surface area contributed by atoms with Crippen LogP contribution in [0.15, 0.2) is 46.7 Å². The van der Waals surface area contributed by atoms with E-state index in [-0.39, 0.29) is 11.9 Å². The minimum Gasteiger partial charge on any atom is -0.466 e. The Bertz CT molecular complexity index is 596. The standard InChI is InChI=1S/C16H16O2S2/c1-18-16(17)12-7-6-11(14-4-2-8-19-14)10-13(12)15-5-3-9-20-15/h2-5,7-9,11,13H,6,10H2,1H3. The summed E-state index contributed by atoms with van der Waals surface area (Å²) >= 11 is 3.52. The van der Waals surface area contributed by atoms with E-state index in [9.17, 15) is 4.79 Å². The van der Waals surface area contributed by atoms with Gasteiger partial charge in [0.25, 0.3) is 0 Å². The number of carbonyl (C=O) groups excluding carboxylic acids is 1. The van der Waals surface area contributed by atoms with Crippen molar-refractivity contribution in [3.63, 3.8) is 0 Å². The van der Waals surface area contributed by atoms with Crippen molar-refractivity contribution < 1.29 is 9.53 Å². The van der Waals surface area contributed by atoms with Crippen LogP contribution in [0.4, 0.5) is 0 Å². The molecule has 2 unspecified atom stereocenters. The third-order valence-corrected chi connectivity index (χ3v) is 5.79. The first-order chi connectivity index (χ1) is 9.79. The maximum atomic E-state index is 12.0. The number of hydrogen-bond donors (Lipinski definition) is 0. The lowest BCUT2D eigenvalue weighted by Gasteiger charge is -2.27. The number of thiophene rings is 2. The second-order valence-corrected chi connectivity index (χ2v) is 6.86. The number of allylic oxidation sites excluding steroid dienone is 1. The highest BCUT2D eigenvalue weighted by molar-refractivity contribution is 7.10. The lowest BCUT2D eigenvalue weighted by atomic mass is 9.79. The van der Waals surface area contributed by atoms with Gasteiger partial charge in [0, 0.05) is 21.2 Å². The molecule has 0 aromatic carbocycles. The van der Waals surface area contributed by atoms with Gasteiger partial charge in [-0.05, 0) is 41.7 Å². The molecule has 0 amide bonds. The van der Waals surface area contributed by atoms with E-state index in [0.29, 0.717) is 5.92 Å². The first-order valence-corrected chi connectivity index (χ1v) is 8.40. The molecular weight excluding hydrogens is 288 g/mol. The number of methoxy groups -OCH3 is 1. The molecule has 0 radical (unpaired) electrons. The minimum absolute atomic E-state index is 0.170. The van der Waals surface area contributed by atoms with Crippen molar-refractivity contribution in [1.29, 1.82) is 0 Å². The average molecular weight is 304 g/mol. The second-order valence-electron chi connectivity index (χ2n) is 4.90. The largest absolute Gasteiger partial charge is 0.466 e. The normalized spacial score (nSPS) is 22.4. The van der Waals surface area contributed by atoms with Gasteiger partial charge in [-0.3, -0.25) is 0 Å². The zero-order valence-corrected chi connectivity index (χ0v) is 12.9. The van der Waals surface area contributed by atoms with Crippen molar-refractivity contribution in [2.45, 2.75) is 24.7 Å². The Hall–Kier alpha value is -1.39. The van der Waals surface area contributed by atoms with E-state index >= 15 is 0 Å². The van der Waals surface area contributed by atoms with Crippen LogP contribution in [-0.2, 0) is 9.53 Å². The molecule has 4 heteroatoms. The van der Waals surface area contributed by atoms with Crippen LogP contribution in [-0.4, -0.2) is 13.1 Å². The molecule has 104 valence electrons. The Morgan fingerprint density at radius 1 is 1.20 bits per heavy atom. The van der Waals surface area contributed by atoms with E-state index < -0.39 is 0 Å². The topological polar surface area (TPSA) is 26.3 Å². The maximum absolute atomic E-state index is 12.0. The predicted molar refractivity (Wildman–Crippen MR) is 83.5 cm³/mol. The molecule has 1 aliphatic carbocycles. The fourth-order valence-electron chi connectivity index (χ4n) is 2.78. The summed E-state index contributed by atoms with van der Waals surface area (Å²) in [6, 6.07) is 8.45. The quantitative estimate of drug-likeness (QED) is 0.776. The molecule has 2 heterocycles. The number of carbonyl (C=O) groups is 1. The monoisotopic (exact) mass is 304 g/mol. The Kier molecular flexibility index (Phi) is 4.03. The summed E-state index contributed by atoms with van der Waals surface area (Å²) < 4.78 is 4.94. The number of rotatable bonds is 3. The zero-order valence-electron chi connectivity index (χ0n) is 11.2. The predicted octanol–water partition coefficient (Wildman–Crippen LogP) is 4.57. The summed E-state index contributed by atoms with van der Waals surface area (Å²) in [4.78, 5) is 14.6. The van der Waals surface area contributed by atoms with Crippen LogP contribution in [0.1, 0.15) is 34.4 Å². The Balaban J connectivity index is 1.92. The highest BCUT2D eigenvalue weighted by Gasteiger charge is 2.31. The molecule has 0 saturated heterocycles. The molecule has 2 aromatic rings. The van der Waals surface area contributed by atoms with E-state index in [1.807, 2.05) is 6.07 Å². The Morgan fingerprint density at radius 3 is 2.50 bits per heavy atom. The molecule has 2 atom stereocenters. The number of esters is 1. The van der Waals surface area contributed by atoms with E-state index in [1.165, 1.54) is 16.9 Å². The van der Waals surface area contributed by atoms with Gasteiger partial charge in [-0.2, -0.15) is 0 Å². The van der Waals surface area contributed by atoms with Crippen molar-refractivity contribution in [2.24, 2.45) is 0 Å². The highest BCUT2D eigenvalue weighted by atomic mass is 32.1. The van der Waals surface area contributed by atoms with Crippen molar-refractivity contribution in [2.75, 3.05) is 7.11 Å². The van der Waals surface area contributed by atoms with Crippen LogP contribution >= 0.6 is 22.7 Å². The van der Waals surface area contributed by atoms with Gasteiger partial charge in [-0.1, -0.05) is 18.2 Å². The molecule has 0 saturated carbocycles. The van der Waals surface area contributed by atoms with Crippen LogP contribution in [0.25, 0.3) is 0 Å². The smallest absolute Gasteiger partial charge is 0.334 e. The van der Waals surface area contributed by atoms with E-state index in [0.717, 1.165) is 18.4 Å². The lowest BCUT2D eigenvalue weighted by Crippen LogP contribution is -2.19. The molecule has 3 rings (SSSR count). The van der Waals surface area contributed by atoms with Crippen LogP contribution in [0.5, 0.6) is 0 Å². The van der Waals surface area contributed by atoms with Gasteiger partial charge < -0.3 is 4.74 Å². The lowest BCUT2D eigenvalue weighted by molar-refractivity contribution is -0.136. The first-order valence-electron chi connectivity index (χ1n) is 6.64. The van der Waals surface area contributed by atoms with Crippen LogP contribution < -0.4 is 0 Å². The third-order valence-electron chi connectivity index (χ3n) is 3.77. The van der Waals surface area contributed by atoms with E-state index in [1.54, 1.807) is 22.7 Å². The summed E-state index contributed by atoms with van der Waals surface area (Å²) in [6.45, 7) is 0. The molecule has 20 heavy (non-hydrogen) atoms. The molecule has 0 bridgehead atoms. The summed E-state index contributed by atoms with van der Waals surface area (Å²) in [5.74, 6) is 0.492.